The summed E-state index contributed by atoms with van der Waals surface area (Å²) >= 11 is 0. The Balaban J connectivity index is 1.46. The Labute approximate surface area is 176 Å². The summed E-state index contributed by atoms with van der Waals surface area (Å²) in [5.74, 6) is 0.0389. The molecule has 2 saturated heterocycles. The van der Waals surface area contributed by atoms with Crippen molar-refractivity contribution in [1.82, 2.24) is 9.80 Å². The van der Waals surface area contributed by atoms with E-state index < -0.39 is 0 Å². The molecule has 2 fully saturated rings. The molecule has 3 amide bonds. The summed E-state index contributed by atoms with van der Waals surface area (Å²) in [5, 5.41) is 9.16. The van der Waals surface area contributed by atoms with Gasteiger partial charge in [-0.25, -0.2) is 4.79 Å². The Kier molecular flexibility index (Phi) is 5.53. The lowest BCUT2D eigenvalue weighted by molar-refractivity contribution is 0.0654. The predicted molar refractivity (Wildman–Crippen MR) is 115 cm³/mol. The lowest BCUT2D eigenvalue weighted by atomic mass is 10.0. The molecule has 0 saturated carbocycles. The minimum atomic E-state index is -0.0929. The second-order valence-electron chi connectivity index (χ2n) is 7.66. The molecule has 0 aliphatic carbocycles. The van der Waals surface area contributed by atoms with E-state index in [1.165, 1.54) is 0 Å². The fourth-order valence-corrected chi connectivity index (χ4v) is 4.32. The van der Waals surface area contributed by atoms with Crippen molar-refractivity contribution >= 4 is 17.6 Å². The van der Waals surface area contributed by atoms with E-state index in [1.54, 1.807) is 23.1 Å². The zero-order valence-corrected chi connectivity index (χ0v) is 16.8. The summed E-state index contributed by atoms with van der Waals surface area (Å²) in [5.41, 5.74) is 1.95. The third-order valence-electron chi connectivity index (χ3n) is 5.90. The maximum absolute atomic E-state index is 13.3. The number of carbonyl (C=O) groups excluding carboxylic acids is 2. The monoisotopic (exact) mass is 400 g/mol. The number of benzene rings is 2. The highest BCUT2D eigenvalue weighted by Crippen LogP contribution is 2.30. The Bertz CT molecular complexity index is 990. The summed E-state index contributed by atoms with van der Waals surface area (Å²) in [6.45, 7) is 5.69. The van der Waals surface area contributed by atoms with Crippen LogP contribution in [0.2, 0.25) is 0 Å². The fraction of sp³-hybridized carbons (Fsp3) is 0.292. The number of carbonyl (C=O) groups is 2. The van der Waals surface area contributed by atoms with Crippen molar-refractivity contribution in [2.75, 3.05) is 24.5 Å². The van der Waals surface area contributed by atoms with Crippen LogP contribution in [0.1, 0.15) is 28.8 Å². The van der Waals surface area contributed by atoms with Crippen LogP contribution in [0.25, 0.3) is 0 Å². The van der Waals surface area contributed by atoms with Gasteiger partial charge in [0.05, 0.1) is 24.2 Å². The van der Waals surface area contributed by atoms with Gasteiger partial charge in [-0.05, 0) is 43.2 Å². The van der Waals surface area contributed by atoms with Gasteiger partial charge in [0, 0.05) is 30.4 Å². The minimum Gasteiger partial charge on any atom is -0.338 e. The van der Waals surface area contributed by atoms with E-state index in [4.69, 9.17) is 5.26 Å². The van der Waals surface area contributed by atoms with Crippen LogP contribution in [0.5, 0.6) is 0 Å². The van der Waals surface area contributed by atoms with Gasteiger partial charge in [-0.3, -0.25) is 9.69 Å². The molecule has 2 heterocycles. The van der Waals surface area contributed by atoms with Crippen LogP contribution < -0.4 is 4.90 Å². The molecule has 2 aliphatic heterocycles. The Hall–Kier alpha value is -3.59. The third kappa shape index (κ3) is 3.67. The number of piperidine rings is 1. The molecule has 30 heavy (non-hydrogen) atoms. The van der Waals surface area contributed by atoms with E-state index >= 15 is 0 Å². The summed E-state index contributed by atoms with van der Waals surface area (Å²) in [6.07, 6.45) is 3.29. The Morgan fingerprint density at radius 3 is 2.50 bits per heavy atom. The fourth-order valence-electron chi connectivity index (χ4n) is 4.32. The predicted octanol–water partition coefficient (Wildman–Crippen LogP) is 3.66. The molecular weight excluding hydrogens is 376 g/mol. The van der Waals surface area contributed by atoms with Crippen LogP contribution in [0.4, 0.5) is 10.5 Å². The van der Waals surface area contributed by atoms with E-state index in [0.29, 0.717) is 30.8 Å². The lowest BCUT2D eigenvalue weighted by Gasteiger charge is -2.38. The highest BCUT2D eigenvalue weighted by atomic mass is 16.2. The van der Waals surface area contributed by atoms with Gasteiger partial charge in [0.1, 0.15) is 0 Å². The van der Waals surface area contributed by atoms with Crippen LogP contribution in [0.3, 0.4) is 0 Å². The number of likely N-dealkylation sites (tertiary alicyclic amines) is 1. The first-order valence-electron chi connectivity index (χ1n) is 10.2. The molecule has 0 spiro atoms. The molecule has 0 radical (unpaired) electrons. The van der Waals surface area contributed by atoms with Gasteiger partial charge in [0.15, 0.2) is 0 Å². The van der Waals surface area contributed by atoms with Gasteiger partial charge in [0.2, 0.25) is 0 Å². The topological polar surface area (TPSA) is 67.7 Å². The molecule has 2 aromatic carbocycles. The number of nitriles is 1. The number of urea groups is 1. The van der Waals surface area contributed by atoms with Crippen molar-refractivity contribution in [1.29, 1.82) is 5.26 Å². The number of rotatable bonds is 4. The average Bonchev–Trinajstić information content (AvgIpc) is 3.15. The smallest absolute Gasteiger partial charge is 0.325 e. The van der Waals surface area contributed by atoms with Gasteiger partial charge in [-0.2, -0.15) is 5.26 Å². The molecule has 0 aromatic heterocycles. The molecule has 2 aromatic rings. The Morgan fingerprint density at radius 2 is 1.83 bits per heavy atom. The first-order valence-corrected chi connectivity index (χ1v) is 10.2. The number of hydrogen-bond donors (Lipinski definition) is 0. The normalized spacial score (nSPS) is 19.6. The van der Waals surface area contributed by atoms with Gasteiger partial charge in [-0.15, -0.1) is 6.58 Å². The van der Waals surface area contributed by atoms with Gasteiger partial charge in [0.25, 0.3) is 5.91 Å². The third-order valence-corrected chi connectivity index (χ3v) is 5.90. The molecule has 1 unspecified atom stereocenters. The van der Waals surface area contributed by atoms with E-state index in [-0.39, 0.29) is 24.0 Å². The van der Waals surface area contributed by atoms with Crippen LogP contribution in [-0.2, 0) is 0 Å². The Morgan fingerprint density at radius 1 is 1.10 bits per heavy atom. The molecule has 0 bridgehead atoms. The molecule has 4 rings (SSSR count). The van der Waals surface area contributed by atoms with Gasteiger partial charge < -0.3 is 9.80 Å². The van der Waals surface area contributed by atoms with E-state index in [2.05, 4.69) is 12.6 Å². The molecule has 0 N–H and O–H groups in total. The highest BCUT2D eigenvalue weighted by Gasteiger charge is 2.41. The van der Waals surface area contributed by atoms with Crippen LogP contribution >= 0.6 is 0 Å². The SMILES string of the molecule is C=CC1CN(c2cccc(C#N)c2)C(=O)N1C1CCN(C(=O)c2ccccc2)CC1. The molecular formula is C24H24N4O2. The minimum absolute atomic E-state index is 0.0389. The van der Waals surface area contributed by atoms with Crippen LogP contribution in [-0.4, -0.2) is 53.5 Å². The van der Waals surface area contributed by atoms with Crippen molar-refractivity contribution in [2.45, 2.75) is 24.9 Å². The molecule has 1 atom stereocenters. The lowest BCUT2D eigenvalue weighted by Crippen LogP contribution is -2.50. The first-order chi connectivity index (χ1) is 14.6. The summed E-state index contributed by atoms with van der Waals surface area (Å²) in [7, 11) is 0. The van der Waals surface area contributed by atoms with E-state index in [9.17, 15) is 9.59 Å². The van der Waals surface area contributed by atoms with Crippen molar-refractivity contribution in [3.8, 4) is 6.07 Å². The number of amides is 3. The first kappa shape index (κ1) is 19.7. The average molecular weight is 400 g/mol. The van der Waals surface area contributed by atoms with Gasteiger partial charge in [-0.1, -0.05) is 30.3 Å². The summed E-state index contributed by atoms with van der Waals surface area (Å²) in [4.78, 5) is 31.4. The van der Waals surface area contributed by atoms with E-state index in [1.807, 2.05) is 52.3 Å². The second kappa shape index (κ2) is 8.42. The zero-order valence-electron chi connectivity index (χ0n) is 16.8. The standard InChI is InChI=1S/C24H24N4O2/c1-2-20-17-27(22-10-6-7-18(15-22)16-25)24(30)28(20)21-11-13-26(14-12-21)23(29)19-8-4-3-5-9-19/h2-10,15,20-21H,1,11-14,17H2. The number of hydrogen-bond acceptors (Lipinski definition) is 3. The second-order valence-corrected chi connectivity index (χ2v) is 7.66. The molecule has 6 heteroatoms. The molecule has 6 nitrogen and oxygen atoms in total. The quantitative estimate of drug-likeness (QED) is 0.736. The maximum atomic E-state index is 13.3. The highest BCUT2D eigenvalue weighted by molar-refractivity contribution is 5.96. The van der Waals surface area contributed by atoms with Crippen molar-refractivity contribution < 1.29 is 9.59 Å². The molecule has 152 valence electrons. The van der Waals surface area contributed by atoms with Crippen LogP contribution in [0.15, 0.2) is 67.3 Å². The largest absolute Gasteiger partial charge is 0.338 e. The van der Waals surface area contributed by atoms with E-state index in [0.717, 1.165) is 18.5 Å². The van der Waals surface area contributed by atoms with Crippen molar-refractivity contribution in [3.63, 3.8) is 0 Å². The summed E-state index contributed by atoms with van der Waals surface area (Å²) < 4.78 is 0. The molecule has 2 aliphatic rings. The van der Waals surface area contributed by atoms with Crippen molar-refractivity contribution in [3.05, 3.63) is 78.4 Å². The maximum Gasteiger partial charge on any atom is 0.325 e. The number of nitrogens with zero attached hydrogens (tertiary/aromatic N) is 4. The number of anilines is 1. The van der Waals surface area contributed by atoms with Crippen LogP contribution in [0, 0.1) is 11.3 Å². The zero-order chi connectivity index (χ0) is 21.1. The van der Waals surface area contributed by atoms with Gasteiger partial charge >= 0.3 is 6.03 Å². The van der Waals surface area contributed by atoms with Crippen molar-refractivity contribution in [2.24, 2.45) is 0 Å². The summed E-state index contributed by atoms with van der Waals surface area (Å²) in [6, 6.07) is 18.4.